The van der Waals surface area contributed by atoms with Crippen molar-refractivity contribution in [1.82, 2.24) is 0 Å². The number of carbonyl (C=O) groups excluding carboxylic acids is 2. The van der Waals surface area contributed by atoms with Gasteiger partial charge in [0.15, 0.2) is 6.61 Å². The Morgan fingerprint density at radius 1 is 1.35 bits per heavy atom. The first-order chi connectivity index (χ1) is 9.63. The van der Waals surface area contributed by atoms with Gasteiger partial charge in [0.05, 0.1) is 11.4 Å². The highest BCUT2D eigenvalue weighted by Gasteiger charge is 2.22. The summed E-state index contributed by atoms with van der Waals surface area (Å²) < 4.78 is 6.05. The molecular weight excluding hydrogens is 324 g/mol. The predicted octanol–water partition coefficient (Wildman–Crippen LogP) is 2.68. The van der Waals surface area contributed by atoms with Crippen LogP contribution in [-0.4, -0.2) is 18.4 Å². The molecule has 2 aliphatic rings. The average molecular weight is 337 g/mol. The third-order valence-electron chi connectivity index (χ3n) is 3.34. The van der Waals surface area contributed by atoms with Crippen LogP contribution < -0.4 is 15.4 Å². The SMILES string of the molecule is O=C1COc2cc(NC(=O)C3CC=CC3)c(Br)cc2N1. The second kappa shape index (κ2) is 5.28. The van der Waals surface area contributed by atoms with Crippen molar-refractivity contribution in [3.05, 3.63) is 28.8 Å². The van der Waals surface area contributed by atoms with Gasteiger partial charge in [0.2, 0.25) is 5.91 Å². The van der Waals surface area contributed by atoms with Crippen molar-refractivity contribution < 1.29 is 14.3 Å². The standard InChI is InChI=1S/C14H13BrN2O3/c15-9-5-11-12(20-7-13(18)16-11)6-10(9)17-14(19)8-3-1-2-4-8/h1-2,5-6,8H,3-4,7H2,(H,16,18)(H,17,19). The summed E-state index contributed by atoms with van der Waals surface area (Å²) in [7, 11) is 0. The minimum atomic E-state index is -0.182. The van der Waals surface area contributed by atoms with Crippen LogP contribution in [-0.2, 0) is 9.59 Å². The number of amides is 2. The highest BCUT2D eigenvalue weighted by Crippen LogP contribution is 2.37. The number of carbonyl (C=O) groups is 2. The van der Waals surface area contributed by atoms with E-state index in [1.165, 1.54) is 0 Å². The summed E-state index contributed by atoms with van der Waals surface area (Å²) in [5.41, 5.74) is 1.26. The summed E-state index contributed by atoms with van der Waals surface area (Å²) in [4.78, 5) is 23.4. The van der Waals surface area contributed by atoms with E-state index in [-0.39, 0.29) is 24.3 Å². The predicted molar refractivity (Wildman–Crippen MR) is 78.8 cm³/mol. The molecule has 0 bridgehead atoms. The van der Waals surface area contributed by atoms with Crippen LogP contribution in [0.1, 0.15) is 12.8 Å². The van der Waals surface area contributed by atoms with E-state index < -0.39 is 0 Å². The number of allylic oxidation sites excluding steroid dienone is 2. The summed E-state index contributed by atoms with van der Waals surface area (Å²) in [5.74, 6) is 0.375. The van der Waals surface area contributed by atoms with Gasteiger partial charge in [-0.05, 0) is 34.8 Å². The maximum Gasteiger partial charge on any atom is 0.262 e. The van der Waals surface area contributed by atoms with Crippen LogP contribution in [0.25, 0.3) is 0 Å². The lowest BCUT2D eigenvalue weighted by Crippen LogP contribution is -2.26. The normalized spacial score (nSPS) is 17.4. The van der Waals surface area contributed by atoms with E-state index in [2.05, 4.69) is 26.6 Å². The van der Waals surface area contributed by atoms with Crippen molar-refractivity contribution >= 4 is 39.1 Å². The zero-order valence-corrected chi connectivity index (χ0v) is 12.2. The molecule has 104 valence electrons. The molecule has 0 unspecified atom stereocenters. The molecule has 0 saturated carbocycles. The Hall–Kier alpha value is -1.82. The second-order valence-corrected chi connectivity index (χ2v) is 5.65. The van der Waals surface area contributed by atoms with E-state index in [1.54, 1.807) is 12.1 Å². The van der Waals surface area contributed by atoms with Gasteiger partial charge < -0.3 is 15.4 Å². The summed E-state index contributed by atoms with van der Waals surface area (Å²) in [6.07, 6.45) is 5.59. The van der Waals surface area contributed by atoms with Crippen LogP contribution in [0.4, 0.5) is 11.4 Å². The fourth-order valence-corrected chi connectivity index (χ4v) is 2.70. The molecule has 5 nitrogen and oxygen atoms in total. The topological polar surface area (TPSA) is 67.4 Å². The fourth-order valence-electron chi connectivity index (χ4n) is 2.26. The lowest BCUT2D eigenvalue weighted by atomic mass is 10.1. The zero-order chi connectivity index (χ0) is 14.1. The number of anilines is 2. The molecule has 2 amide bonds. The van der Waals surface area contributed by atoms with Gasteiger partial charge in [-0.25, -0.2) is 0 Å². The van der Waals surface area contributed by atoms with E-state index >= 15 is 0 Å². The Morgan fingerprint density at radius 2 is 2.10 bits per heavy atom. The number of fused-ring (bicyclic) bond motifs is 1. The van der Waals surface area contributed by atoms with Crippen LogP contribution >= 0.6 is 15.9 Å². The molecule has 1 aliphatic carbocycles. The highest BCUT2D eigenvalue weighted by molar-refractivity contribution is 9.10. The van der Waals surface area contributed by atoms with Crippen molar-refractivity contribution in [2.24, 2.45) is 5.92 Å². The molecule has 1 aromatic rings. The van der Waals surface area contributed by atoms with E-state index in [0.717, 1.165) is 12.8 Å². The lowest BCUT2D eigenvalue weighted by Gasteiger charge is -2.20. The number of halogens is 1. The zero-order valence-electron chi connectivity index (χ0n) is 10.6. The molecule has 0 atom stereocenters. The smallest absolute Gasteiger partial charge is 0.262 e. The maximum atomic E-state index is 12.1. The Morgan fingerprint density at radius 3 is 2.85 bits per heavy atom. The van der Waals surface area contributed by atoms with E-state index in [1.807, 2.05) is 12.2 Å². The fraction of sp³-hybridized carbons (Fsp3) is 0.286. The maximum absolute atomic E-state index is 12.1. The first-order valence-corrected chi connectivity index (χ1v) is 7.15. The van der Waals surface area contributed by atoms with Gasteiger partial charge in [0.25, 0.3) is 5.91 Å². The van der Waals surface area contributed by atoms with Gasteiger partial charge in [-0.3, -0.25) is 9.59 Å². The largest absolute Gasteiger partial charge is 0.482 e. The van der Waals surface area contributed by atoms with Crippen molar-refractivity contribution in [3.8, 4) is 5.75 Å². The van der Waals surface area contributed by atoms with E-state index in [4.69, 9.17) is 4.74 Å². The van der Waals surface area contributed by atoms with Gasteiger partial charge in [0.1, 0.15) is 5.75 Å². The molecule has 0 aromatic heterocycles. The lowest BCUT2D eigenvalue weighted by molar-refractivity contribution is -0.120. The summed E-state index contributed by atoms with van der Waals surface area (Å²) in [6.45, 7) is -0.00539. The van der Waals surface area contributed by atoms with E-state index in [0.29, 0.717) is 21.6 Å². The van der Waals surface area contributed by atoms with Crippen molar-refractivity contribution in [3.63, 3.8) is 0 Å². The third kappa shape index (κ3) is 2.56. The van der Waals surface area contributed by atoms with Gasteiger partial charge in [-0.1, -0.05) is 12.2 Å². The average Bonchev–Trinajstić information content (AvgIpc) is 2.94. The first-order valence-electron chi connectivity index (χ1n) is 6.35. The Kier molecular flexibility index (Phi) is 3.48. The highest BCUT2D eigenvalue weighted by atomic mass is 79.9. The molecule has 1 aliphatic heterocycles. The summed E-state index contributed by atoms with van der Waals surface area (Å²) >= 11 is 3.40. The minimum absolute atomic E-state index is 0.00134. The van der Waals surface area contributed by atoms with Crippen molar-refractivity contribution in [2.45, 2.75) is 12.8 Å². The first kappa shape index (κ1) is 13.2. The molecule has 0 fully saturated rings. The molecular formula is C14H13BrN2O3. The number of hydrogen-bond donors (Lipinski definition) is 2. The summed E-state index contributed by atoms with van der Waals surface area (Å²) in [6, 6.07) is 3.45. The number of benzene rings is 1. The third-order valence-corrected chi connectivity index (χ3v) is 3.99. The molecule has 3 rings (SSSR count). The molecule has 1 heterocycles. The molecule has 0 spiro atoms. The second-order valence-electron chi connectivity index (χ2n) is 4.79. The Labute approximate surface area is 124 Å². The Bertz CT molecular complexity index is 605. The molecule has 0 saturated heterocycles. The van der Waals surface area contributed by atoms with Crippen LogP contribution in [0.5, 0.6) is 5.75 Å². The molecule has 2 N–H and O–H groups in total. The number of ether oxygens (including phenoxy) is 1. The monoisotopic (exact) mass is 336 g/mol. The number of hydrogen-bond acceptors (Lipinski definition) is 3. The number of nitrogens with one attached hydrogen (secondary N) is 2. The van der Waals surface area contributed by atoms with Crippen LogP contribution in [0.2, 0.25) is 0 Å². The van der Waals surface area contributed by atoms with Crippen LogP contribution in [0.3, 0.4) is 0 Å². The summed E-state index contributed by atoms with van der Waals surface area (Å²) in [5, 5.41) is 5.61. The molecule has 20 heavy (non-hydrogen) atoms. The number of rotatable bonds is 2. The molecule has 6 heteroatoms. The van der Waals surface area contributed by atoms with Gasteiger partial charge in [-0.2, -0.15) is 0 Å². The van der Waals surface area contributed by atoms with Gasteiger partial charge in [-0.15, -0.1) is 0 Å². The van der Waals surface area contributed by atoms with Crippen molar-refractivity contribution in [1.29, 1.82) is 0 Å². The quantitative estimate of drug-likeness (QED) is 0.816. The van der Waals surface area contributed by atoms with Gasteiger partial charge in [0, 0.05) is 16.5 Å². The van der Waals surface area contributed by atoms with Crippen LogP contribution in [0.15, 0.2) is 28.8 Å². The molecule has 0 radical (unpaired) electrons. The minimum Gasteiger partial charge on any atom is -0.482 e. The molecule has 1 aromatic carbocycles. The van der Waals surface area contributed by atoms with Crippen molar-refractivity contribution in [2.75, 3.05) is 17.2 Å². The van der Waals surface area contributed by atoms with E-state index in [9.17, 15) is 9.59 Å². The van der Waals surface area contributed by atoms with Gasteiger partial charge >= 0.3 is 0 Å². The Balaban J connectivity index is 1.80. The van der Waals surface area contributed by atoms with Crippen LogP contribution in [0, 0.1) is 5.92 Å².